The third-order valence-corrected chi connectivity index (χ3v) is 9.53. The molecule has 0 aromatic rings. The lowest BCUT2D eigenvalue weighted by atomic mass is 10.0. The molecule has 288 valence electrons. The van der Waals surface area contributed by atoms with E-state index in [1.165, 1.54) is 109 Å². The predicted octanol–water partition coefficient (Wildman–Crippen LogP) is 10.8. The Morgan fingerprint density at radius 2 is 1.08 bits per heavy atom. The summed E-state index contributed by atoms with van der Waals surface area (Å²) in [6.45, 7) is 5.07. The molecule has 49 heavy (non-hydrogen) atoms. The van der Waals surface area contributed by atoms with E-state index in [1.54, 1.807) is 0 Å². The van der Waals surface area contributed by atoms with Crippen LogP contribution >= 0.6 is 7.82 Å². The molecule has 0 fully saturated rings. The van der Waals surface area contributed by atoms with E-state index in [0.717, 1.165) is 44.9 Å². The minimum Gasteiger partial charge on any atom is -0.462 e. The molecule has 2 atom stereocenters. The number of carbonyl (C=O) groups is 2. The molecule has 0 aromatic carbocycles. The normalized spacial score (nSPS) is 13.4. The number of nitrogens with two attached hydrogens (primary N) is 1. The molecule has 3 N–H and O–H groups in total. The molecule has 1 unspecified atom stereocenters. The van der Waals surface area contributed by atoms with Gasteiger partial charge in [0.1, 0.15) is 6.61 Å². The number of hydrogen-bond donors (Lipinski definition) is 2. The molecule has 0 radical (unpaired) electrons. The van der Waals surface area contributed by atoms with E-state index in [0.29, 0.717) is 6.42 Å². The molecule has 0 aliphatic rings. The standard InChI is InChI=1S/C39H74NO8P/c1-3-5-7-9-11-13-15-17-18-20-22-24-26-28-30-32-39(42)48-37(36-47-49(43,44)46-34-33-40)35-45-38(41)31-29-27-25-23-21-19-16-14-12-10-8-6-4-2/h3-4,6,37H,1,5,7-36,40H2,2H3,(H,43,44)/b6-4-/t37-/m1/s1. The van der Waals surface area contributed by atoms with Crippen molar-refractivity contribution in [1.82, 2.24) is 0 Å². The van der Waals surface area contributed by atoms with Crippen molar-refractivity contribution in [2.45, 2.75) is 186 Å². The van der Waals surface area contributed by atoms with E-state index in [-0.39, 0.29) is 38.6 Å². The van der Waals surface area contributed by atoms with E-state index >= 15 is 0 Å². The average molecular weight is 716 g/mol. The van der Waals surface area contributed by atoms with Crippen LogP contribution in [0.1, 0.15) is 180 Å². The van der Waals surface area contributed by atoms with Crippen LogP contribution in [0.4, 0.5) is 0 Å². The van der Waals surface area contributed by atoms with Crippen molar-refractivity contribution in [1.29, 1.82) is 0 Å². The first-order valence-corrected chi connectivity index (χ1v) is 21.2. The highest BCUT2D eigenvalue weighted by molar-refractivity contribution is 7.47. The third kappa shape index (κ3) is 36.1. The molecule has 0 rings (SSSR count). The fourth-order valence-electron chi connectivity index (χ4n) is 5.62. The van der Waals surface area contributed by atoms with Gasteiger partial charge in [-0.3, -0.25) is 18.6 Å². The maximum atomic E-state index is 12.5. The van der Waals surface area contributed by atoms with E-state index in [2.05, 4.69) is 25.7 Å². The van der Waals surface area contributed by atoms with Crippen LogP contribution in [0.5, 0.6) is 0 Å². The van der Waals surface area contributed by atoms with Gasteiger partial charge in [0.25, 0.3) is 0 Å². The molecular weight excluding hydrogens is 641 g/mol. The topological polar surface area (TPSA) is 134 Å². The monoisotopic (exact) mass is 716 g/mol. The van der Waals surface area contributed by atoms with Gasteiger partial charge in [0.15, 0.2) is 6.10 Å². The lowest BCUT2D eigenvalue weighted by Gasteiger charge is -2.19. The first-order valence-electron chi connectivity index (χ1n) is 19.7. The first-order chi connectivity index (χ1) is 23.8. The molecule has 0 spiro atoms. The molecule has 0 saturated carbocycles. The zero-order chi connectivity index (χ0) is 36.1. The van der Waals surface area contributed by atoms with Gasteiger partial charge in [-0.2, -0.15) is 0 Å². The van der Waals surface area contributed by atoms with Gasteiger partial charge in [0, 0.05) is 19.4 Å². The van der Waals surface area contributed by atoms with Crippen LogP contribution < -0.4 is 5.73 Å². The number of hydrogen-bond acceptors (Lipinski definition) is 8. The molecule has 9 nitrogen and oxygen atoms in total. The van der Waals surface area contributed by atoms with E-state index in [4.69, 9.17) is 24.3 Å². The van der Waals surface area contributed by atoms with E-state index in [1.807, 2.05) is 6.08 Å². The van der Waals surface area contributed by atoms with Crippen LogP contribution in [-0.2, 0) is 32.7 Å². The minimum atomic E-state index is -4.37. The quantitative estimate of drug-likeness (QED) is 0.0277. The van der Waals surface area contributed by atoms with Crippen LogP contribution in [0.2, 0.25) is 0 Å². The van der Waals surface area contributed by atoms with Gasteiger partial charge >= 0.3 is 19.8 Å². The predicted molar refractivity (Wildman–Crippen MR) is 201 cm³/mol. The first kappa shape index (κ1) is 47.5. The van der Waals surface area contributed by atoms with Crippen molar-refractivity contribution in [3.63, 3.8) is 0 Å². The average Bonchev–Trinajstić information content (AvgIpc) is 3.08. The number of esters is 2. The number of rotatable bonds is 38. The summed E-state index contributed by atoms with van der Waals surface area (Å²) in [5.74, 6) is -0.830. The number of phosphoric acid groups is 1. The summed E-state index contributed by atoms with van der Waals surface area (Å²) in [6, 6.07) is 0. The fourth-order valence-corrected chi connectivity index (χ4v) is 6.38. The second kappa shape index (κ2) is 36.3. The van der Waals surface area contributed by atoms with E-state index < -0.39 is 26.5 Å². The molecule has 0 bridgehead atoms. The zero-order valence-corrected chi connectivity index (χ0v) is 32.2. The fraction of sp³-hybridized carbons (Fsp3) is 0.846. The molecule has 0 amide bonds. The van der Waals surface area contributed by atoms with Crippen molar-refractivity contribution in [2.24, 2.45) is 5.73 Å². The Labute approximate surface area is 300 Å². The lowest BCUT2D eigenvalue weighted by Crippen LogP contribution is -2.29. The summed E-state index contributed by atoms with van der Waals surface area (Å²) in [5, 5.41) is 0. The van der Waals surface area contributed by atoms with Crippen LogP contribution in [0.25, 0.3) is 0 Å². The van der Waals surface area contributed by atoms with Crippen molar-refractivity contribution in [3.05, 3.63) is 24.8 Å². The van der Waals surface area contributed by atoms with Crippen LogP contribution in [0.3, 0.4) is 0 Å². The molecule has 0 saturated heterocycles. The van der Waals surface area contributed by atoms with Crippen LogP contribution in [-0.4, -0.2) is 49.3 Å². The van der Waals surface area contributed by atoms with Crippen LogP contribution in [0.15, 0.2) is 24.8 Å². The van der Waals surface area contributed by atoms with Gasteiger partial charge in [-0.05, 0) is 45.4 Å². The Kier molecular flexibility index (Phi) is 35.2. The van der Waals surface area contributed by atoms with Gasteiger partial charge in [-0.25, -0.2) is 4.57 Å². The van der Waals surface area contributed by atoms with Crippen molar-refractivity contribution < 1.29 is 37.6 Å². The Morgan fingerprint density at radius 1 is 0.653 bits per heavy atom. The van der Waals surface area contributed by atoms with Gasteiger partial charge in [0.05, 0.1) is 13.2 Å². The SMILES string of the molecule is C=CCCCCCCCCCCCCCCCC(=O)O[C@H](COC(=O)CCCCCCCCCCCC/C=C\C)COP(=O)(O)OCCN. The van der Waals surface area contributed by atoms with Gasteiger partial charge < -0.3 is 20.1 Å². The second-order valence-corrected chi connectivity index (χ2v) is 14.7. The number of unbranched alkanes of at least 4 members (excludes halogenated alkanes) is 23. The molecule has 0 aliphatic heterocycles. The van der Waals surface area contributed by atoms with Crippen molar-refractivity contribution >= 4 is 19.8 Å². The molecule has 0 aromatic heterocycles. The van der Waals surface area contributed by atoms with E-state index in [9.17, 15) is 19.0 Å². The summed E-state index contributed by atoms with van der Waals surface area (Å²) in [4.78, 5) is 34.7. The summed E-state index contributed by atoms with van der Waals surface area (Å²) in [5.41, 5.74) is 5.33. The maximum absolute atomic E-state index is 12.5. The Hall–Kier alpha value is -1.51. The van der Waals surface area contributed by atoms with Gasteiger partial charge in [0.2, 0.25) is 0 Å². The largest absolute Gasteiger partial charge is 0.472 e. The Balaban J connectivity index is 4.16. The van der Waals surface area contributed by atoms with Crippen molar-refractivity contribution in [3.8, 4) is 0 Å². The van der Waals surface area contributed by atoms with Crippen LogP contribution in [0, 0.1) is 0 Å². The smallest absolute Gasteiger partial charge is 0.462 e. The minimum absolute atomic E-state index is 0.0538. The summed E-state index contributed by atoms with van der Waals surface area (Å²) in [6.07, 6.45) is 35.4. The maximum Gasteiger partial charge on any atom is 0.472 e. The number of carbonyl (C=O) groups excluding carboxylic acids is 2. The summed E-state index contributed by atoms with van der Waals surface area (Å²) >= 11 is 0. The highest BCUT2D eigenvalue weighted by Crippen LogP contribution is 2.43. The Bertz CT molecular complexity index is 853. The third-order valence-electron chi connectivity index (χ3n) is 8.55. The molecular formula is C39H74NO8P. The zero-order valence-electron chi connectivity index (χ0n) is 31.3. The molecule has 0 aliphatic carbocycles. The number of phosphoric ester groups is 1. The summed E-state index contributed by atoms with van der Waals surface area (Å²) in [7, 11) is -4.37. The molecule has 10 heteroatoms. The highest BCUT2D eigenvalue weighted by Gasteiger charge is 2.26. The summed E-state index contributed by atoms with van der Waals surface area (Å²) < 4.78 is 32.7. The molecule has 0 heterocycles. The van der Waals surface area contributed by atoms with Crippen molar-refractivity contribution in [2.75, 3.05) is 26.4 Å². The number of ether oxygens (including phenoxy) is 2. The highest BCUT2D eigenvalue weighted by atomic mass is 31.2. The Morgan fingerprint density at radius 3 is 1.53 bits per heavy atom. The van der Waals surface area contributed by atoms with Gasteiger partial charge in [-0.1, -0.05) is 140 Å². The number of allylic oxidation sites excluding steroid dienone is 3. The van der Waals surface area contributed by atoms with Gasteiger partial charge in [-0.15, -0.1) is 6.58 Å². The second-order valence-electron chi connectivity index (χ2n) is 13.2. The lowest BCUT2D eigenvalue weighted by molar-refractivity contribution is -0.161.